The maximum Gasteiger partial charge on any atom is 0.335 e. The van der Waals surface area contributed by atoms with Crippen LogP contribution in [0.15, 0.2) is 89.5 Å². The molecule has 0 atom stereocenters. The zero-order chi connectivity index (χ0) is 25.3. The number of aromatic nitrogens is 2. The molecule has 7 nitrogen and oxygen atoms in total. The zero-order valence-corrected chi connectivity index (χ0v) is 21.6. The van der Waals surface area contributed by atoms with Gasteiger partial charge in [-0.25, -0.2) is 14.7 Å². The van der Waals surface area contributed by atoms with Gasteiger partial charge in [0.2, 0.25) is 5.95 Å². The van der Waals surface area contributed by atoms with Gasteiger partial charge in [-0.15, -0.1) is 0 Å². The quantitative estimate of drug-likeness (QED) is 0.289. The zero-order valence-electron chi connectivity index (χ0n) is 20.0. The van der Waals surface area contributed by atoms with Crippen molar-refractivity contribution < 1.29 is 9.90 Å². The topological polar surface area (TPSA) is 81.6 Å². The van der Waals surface area contributed by atoms with Crippen molar-refractivity contribution in [2.75, 3.05) is 21.7 Å². The predicted molar refractivity (Wildman–Crippen MR) is 146 cm³/mol. The molecule has 1 aliphatic rings. The summed E-state index contributed by atoms with van der Waals surface area (Å²) in [6, 6.07) is 24.8. The van der Waals surface area contributed by atoms with E-state index in [-0.39, 0.29) is 12.6 Å². The fraction of sp³-hybridized carbons (Fsp3) is 0.179. The second-order valence-corrected chi connectivity index (χ2v) is 10.1. The molecule has 0 spiro atoms. The molecule has 2 N–H and O–H groups in total. The maximum atomic E-state index is 14.0. The Bertz CT molecular complexity index is 1410. The van der Waals surface area contributed by atoms with Crippen LogP contribution in [-0.4, -0.2) is 27.7 Å². The average molecular weight is 544 g/mol. The van der Waals surface area contributed by atoms with E-state index in [1.54, 1.807) is 16.0 Å². The van der Waals surface area contributed by atoms with Gasteiger partial charge in [-0.1, -0.05) is 56.3 Å². The Hall–Kier alpha value is -3.75. The van der Waals surface area contributed by atoms with Crippen LogP contribution < -0.4 is 15.1 Å². The molecule has 182 valence electrons. The molecule has 36 heavy (non-hydrogen) atoms. The smallest absolute Gasteiger partial charge is 0.335 e. The van der Waals surface area contributed by atoms with Gasteiger partial charge in [0, 0.05) is 27.3 Å². The van der Waals surface area contributed by atoms with E-state index in [4.69, 9.17) is 4.98 Å². The van der Waals surface area contributed by atoms with E-state index in [0.29, 0.717) is 24.0 Å². The molecule has 0 unspecified atom stereocenters. The van der Waals surface area contributed by atoms with Gasteiger partial charge in [0.1, 0.15) is 0 Å². The summed E-state index contributed by atoms with van der Waals surface area (Å²) in [5.74, 6) is 0.926. The molecule has 0 aliphatic carbocycles. The number of hydrogen-bond donors (Lipinski definition) is 2. The van der Waals surface area contributed by atoms with E-state index in [9.17, 15) is 9.90 Å². The van der Waals surface area contributed by atoms with Crippen molar-refractivity contribution in [1.29, 1.82) is 0 Å². The summed E-state index contributed by atoms with van der Waals surface area (Å²) >= 11 is 3.59. The van der Waals surface area contributed by atoms with Gasteiger partial charge in [0.15, 0.2) is 5.82 Å². The highest BCUT2D eigenvalue weighted by Gasteiger charge is 2.35. The standard InChI is InChI=1S/C28H26BrN5O2/c1-28(2,18-35)20-9-8-12-22(15-20)34-25-19(16-30-26(32-25)31-21-10-4-3-5-11-21)17-33(27(34)36)24-14-7-6-13-23(24)29/h3-16,35H,17-18H2,1-2H3,(H,30,31,32). The van der Waals surface area contributed by atoms with Gasteiger partial charge >= 0.3 is 6.03 Å². The number of carbonyl (C=O) groups is 1. The van der Waals surface area contributed by atoms with Gasteiger partial charge in [-0.3, -0.25) is 4.90 Å². The first kappa shape index (κ1) is 24.0. The number of benzene rings is 3. The van der Waals surface area contributed by atoms with E-state index in [2.05, 4.69) is 26.2 Å². The number of halogens is 1. The van der Waals surface area contributed by atoms with Crippen molar-refractivity contribution in [3.8, 4) is 0 Å². The van der Waals surface area contributed by atoms with Crippen molar-refractivity contribution in [2.24, 2.45) is 0 Å². The first-order valence-corrected chi connectivity index (χ1v) is 12.4. The molecule has 5 rings (SSSR count). The Kier molecular flexibility index (Phi) is 6.47. The molecule has 8 heteroatoms. The Morgan fingerprint density at radius 2 is 1.78 bits per heavy atom. The van der Waals surface area contributed by atoms with Crippen molar-refractivity contribution in [1.82, 2.24) is 9.97 Å². The van der Waals surface area contributed by atoms with E-state index in [1.807, 2.05) is 92.7 Å². The van der Waals surface area contributed by atoms with E-state index in [0.717, 1.165) is 27.0 Å². The third-order valence-electron chi connectivity index (χ3n) is 6.26. The molecule has 1 aliphatic heterocycles. The lowest BCUT2D eigenvalue weighted by Crippen LogP contribution is -2.45. The normalized spacial score (nSPS) is 13.5. The first-order valence-electron chi connectivity index (χ1n) is 11.6. The summed E-state index contributed by atoms with van der Waals surface area (Å²) in [7, 11) is 0. The molecule has 3 aromatic carbocycles. The third-order valence-corrected chi connectivity index (χ3v) is 6.93. The molecule has 1 aromatic heterocycles. The van der Waals surface area contributed by atoms with Crippen molar-refractivity contribution in [3.63, 3.8) is 0 Å². The number of amides is 2. The van der Waals surface area contributed by atoms with Crippen LogP contribution in [0.5, 0.6) is 0 Å². The lowest BCUT2D eigenvalue weighted by Gasteiger charge is -2.37. The fourth-order valence-electron chi connectivity index (χ4n) is 4.11. The summed E-state index contributed by atoms with van der Waals surface area (Å²) in [5, 5.41) is 13.2. The molecule has 0 bridgehead atoms. The first-order chi connectivity index (χ1) is 17.4. The minimum atomic E-state index is -0.467. The van der Waals surface area contributed by atoms with E-state index >= 15 is 0 Å². The number of rotatable bonds is 6. The molecule has 0 saturated carbocycles. The third kappa shape index (κ3) is 4.57. The van der Waals surface area contributed by atoms with Gasteiger partial charge in [-0.2, -0.15) is 4.98 Å². The summed E-state index contributed by atoms with van der Waals surface area (Å²) in [5.41, 5.74) is 3.55. The Morgan fingerprint density at radius 1 is 1.03 bits per heavy atom. The SMILES string of the molecule is CC(C)(CO)c1cccc(N2C(=O)N(c3ccccc3Br)Cc3cnc(Nc4ccccc4)nc32)c1. The highest BCUT2D eigenvalue weighted by Crippen LogP contribution is 2.39. The van der Waals surface area contributed by atoms with Crippen molar-refractivity contribution in [3.05, 3.63) is 101 Å². The average Bonchev–Trinajstić information content (AvgIpc) is 2.89. The highest BCUT2D eigenvalue weighted by atomic mass is 79.9. The largest absolute Gasteiger partial charge is 0.395 e. The number of fused-ring (bicyclic) bond motifs is 1. The van der Waals surface area contributed by atoms with Crippen LogP contribution in [0.1, 0.15) is 25.0 Å². The second kappa shape index (κ2) is 9.72. The van der Waals surface area contributed by atoms with Gasteiger partial charge < -0.3 is 10.4 Å². The Balaban J connectivity index is 1.63. The lowest BCUT2D eigenvalue weighted by atomic mass is 9.85. The molecular weight excluding hydrogens is 518 g/mol. The molecule has 2 heterocycles. The molecule has 0 saturated heterocycles. The monoisotopic (exact) mass is 543 g/mol. The lowest BCUT2D eigenvalue weighted by molar-refractivity contribution is 0.218. The van der Waals surface area contributed by atoms with Crippen molar-refractivity contribution in [2.45, 2.75) is 25.8 Å². The van der Waals surface area contributed by atoms with Crippen LogP contribution in [0.2, 0.25) is 0 Å². The number of urea groups is 1. The Morgan fingerprint density at radius 3 is 2.53 bits per heavy atom. The van der Waals surface area contributed by atoms with Crippen LogP contribution >= 0.6 is 15.9 Å². The number of aliphatic hydroxyl groups is 1. The number of para-hydroxylation sites is 2. The number of anilines is 5. The summed E-state index contributed by atoms with van der Waals surface area (Å²) in [4.78, 5) is 26.7. The van der Waals surface area contributed by atoms with Gasteiger partial charge in [-0.05, 0) is 57.9 Å². The number of nitrogens with one attached hydrogen (secondary N) is 1. The van der Waals surface area contributed by atoms with Crippen LogP contribution in [-0.2, 0) is 12.0 Å². The Labute approximate surface area is 218 Å². The molecular formula is C28H26BrN5O2. The van der Waals surface area contributed by atoms with E-state index < -0.39 is 5.41 Å². The van der Waals surface area contributed by atoms with Gasteiger partial charge in [0.25, 0.3) is 0 Å². The highest BCUT2D eigenvalue weighted by molar-refractivity contribution is 9.10. The maximum absolute atomic E-state index is 14.0. The van der Waals surface area contributed by atoms with E-state index in [1.165, 1.54) is 0 Å². The molecule has 0 radical (unpaired) electrons. The number of carbonyl (C=O) groups excluding carboxylic acids is 1. The summed E-state index contributed by atoms with van der Waals surface area (Å²) < 4.78 is 0.820. The van der Waals surface area contributed by atoms with Crippen LogP contribution in [0, 0.1) is 0 Å². The fourth-order valence-corrected chi connectivity index (χ4v) is 4.61. The second-order valence-electron chi connectivity index (χ2n) is 9.28. The summed E-state index contributed by atoms with van der Waals surface area (Å²) in [6.45, 7) is 4.25. The predicted octanol–water partition coefficient (Wildman–Crippen LogP) is 6.53. The minimum Gasteiger partial charge on any atom is -0.395 e. The van der Waals surface area contributed by atoms with Crippen LogP contribution in [0.3, 0.4) is 0 Å². The number of aliphatic hydroxyl groups excluding tert-OH is 1. The van der Waals surface area contributed by atoms with Gasteiger partial charge in [0.05, 0.1) is 24.5 Å². The summed E-state index contributed by atoms with van der Waals surface area (Å²) in [6.07, 6.45) is 1.76. The van der Waals surface area contributed by atoms with Crippen LogP contribution in [0.4, 0.5) is 33.6 Å². The molecule has 2 amide bonds. The molecule has 4 aromatic rings. The number of hydrogen-bond acceptors (Lipinski definition) is 5. The number of nitrogens with zero attached hydrogens (tertiary/aromatic N) is 4. The molecule has 0 fully saturated rings. The minimum absolute atomic E-state index is 0.0165. The van der Waals surface area contributed by atoms with Crippen molar-refractivity contribution >= 4 is 50.8 Å². The van der Waals surface area contributed by atoms with Crippen LogP contribution in [0.25, 0.3) is 0 Å².